The second-order valence-electron chi connectivity index (χ2n) is 3.85. The van der Waals surface area contributed by atoms with Gasteiger partial charge in [-0.15, -0.1) is 0 Å². The Morgan fingerprint density at radius 3 is 2.55 bits per heavy atom. The molecule has 0 radical (unpaired) electrons. The zero-order valence-electron chi connectivity index (χ0n) is 7.00. The Morgan fingerprint density at radius 2 is 1.82 bits per heavy atom. The maximum atomic E-state index is 9.38. The van der Waals surface area contributed by atoms with Gasteiger partial charge in [0, 0.05) is 12.6 Å². The molecule has 1 aliphatic carbocycles. The average molecular weight is 155 g/mol. The Balaban J connectivity index is 1.82. The fourth-order valence-corrected chi connectivity index (χ4v) is 1.91. The molecule has 0 aromatic carbocycles. The van der Waals surface area contributed by atoms with Gasteiger partial charge in [0.05, 0.1) is 6.10 Å². The van der Waals surface area contributed by atoms with Crippen LogP contribution in [0.5, 0.6) is 0 Å². The van der Waals surface area contributed by atoms with Crippen molar-refractivity contribution in [3.05, 3.63) is 0 Å². The lowest BCUT2D eigenvalue weighted by Gasteiger charge is -2.18. The molecule has 1 heterocycles. The molecule has 1 aliphatic heterocycles. The van der Waals surface area contributed by atoms with Gasteiger partial charge >= 0.3 is 0 Å². The molecule has 1 atom stereocenters. The van der Waals surface area contributed by atoms with Crippen LogP contribution in [0.2, 0.25) is 0 Å². The lowest BCUT2D eigenvalue weighted by atomic mass is 10.2. The van der Waals surface area contributed by atoms with E-state index in [1.54, 1.807) is 0 Å². The number of aliphatic hydroxyl groups excluding tert-OH is 1. The molecule has 2 nitrogen and oxygen atoms in total. The molecular formula is C9H17NO. The van der Waals surface area contributed by atoms with Crippen molar-refractivity contribution in [2.45, 2.75) is 44.2 Å². The molecule has 0 spiro atoms. The van der Waals surface area contributed by atoms with E-state index < -0.39 is 0 Å². The van der Waals surface area contributed by atoms with Crippen molar-refractivity contribution in [2.24, 2.45) is 0 Å². The summed E-state index contributed by atoms with van der Waals surface area (Å²) in [4.78, 5) is 2.55. The van der Waals surface area contributed by atoms with E-state index in [0.717, 1.165) is 25.4 Å². The maximum Gasteiger partial charge on any atom is 0.0553 e. The molecule has 1 N–H and O–H groups in total. The van der Waals surface area contributed by atoms with Gasteiger partial charge in [-0.05, 0) is 38.6 Å². The van der Waals surface area contributed by atoms with E-state index in [2.05, 4.69) is 4.90 Å². The van der Waals surface area contributed by atoms with Crippen LogP contribution in [-0.2, 0) is 0 Å². The Bertz CT molecular complexity index is 134. The number of likely N-dealkylation sites (tertiary alicyclic amines) is 1. The van der Waals surface area contributed by atoms with Crippen LogP contribution in [0.4, 0.5) is 0 Å². The molecule has 0 amide bonds. The third kappa shape index (κ3) is 1.94. The van der Waals surface area contributed by atoms with Crippen molar-refractivity contribution in [1.29, 1.82) is 0 Å². The van der Waals surface area contributed by atoms with Crippen molar-refractivity contribution in [3.63, 3.8) is 0 Å². The highest BCUT2D eigenvalue weighted by Crippen LogP contribution is 2.28. The van der Waals surface area contributed by atoms with Crippen LogP contribution in [0.25, 0.3) is 0 Å². The van der Waals surface area contributed by atoms with Gasteiger partial charge in [0.25, 0.3) is 0 Å². The minimum Gasteiger partial charge on any atom is -0.393 e. The highest BCUT2D eigenvalue weighted by molar-refractivity contribution is 4.86. The third-order valence-electron chi connectivity index (χ3n) is 2.80. The molecule has 11 heavy (non-hydrogen) atoms. The minimum absolute atomic E-state index is 0.0150. The largest absolute Gasteiger partial charge is 0.393 e. The Labute approximate surface area is 68.2 Å². The Morgan fingerprint density at radius 1 is 1.00 bits per heavy atom. The van der Waals surface area contributed by atoms with Gasteiger partial charge in [0.1, 0.15) is 0 Å². The minimum atomic E-state index is -0.0150. The van der Waals surface area contributed by atoms with Gasteiger partial charge in [0.15, 0.2) is 0 Å². The predicted molar refractivity (Wildman–Crippen MR) is 44.5 cm³/mol. The summed E-state index contributed by atoms with van der Waals surface area (Å²) >= 11 is 0. The normalized spacial score (nSPS) is 35.2. The van der Waals surface area contributed by atoms with Crippen molar-refractivity contribution < 1.29 is 5.11 Å². The average Bonchev–Trinajstić information content (AvgIpc) is 2.73. The van der Waals surface area contributed by atoms with E-state index in [4.69, 9.17) is 0 Å². The summed E-state index contributed by atoms with van der Waals surface area (Å²) in [6.07, 6.45) is 5.99. The molecule has 0 unspecified atom stereocenters. The van der Waals surface area contributed by atoms with E-state index in [9.17, 15) is 5.11 Å². The van der Waals surface area contributed by atoms with E-state index in [1.807, 2.05) is 0 Å². The summed E-state index contributed by atoms with van der Waals surface area (Å²) in [7, 11) is 0. The Kier molecular flexibility index (Phi) is 2.14. The smallest absolute Gasteiger partial charge is 0.0553 e. The standard InChI is InChI=1S/C9H17NO/c11-9-2-1-6-10(7-5-9)8-3-4-8/h8-9,11H,1-7H2/t9-/m0/s1. The van der Waals surface area contributed by atoms with Crippen molar-refractivity contribution in [3.8, 4) is 0 Å². The molecule has 0 aromatic rings. The number of hydrogen-bond acceptors (Lipinski definition) is 2. The summed E-state index contributed by atoms with van der Waals surface area (Å²) in [5.41, 5.74) is 0. The molecule has 2 fully saturated rings. The van der Waals surface area contributed by atoms with Crippen LogP contribution in [-0.4, -0.2) is 35.2 Å². The van der Waals surface area contributed by atoms with E-state index in [1.165, 1.54) is 25.8 Å². The fraction of sp³-hybridized carbons (Fsp3) is 1.00. The third-order valence-corrected chi connectivity index (χ3v) is 2.80. The highest BCUT2D eigenvalue weighted by atomic mass is 16.3. The van der Waals surface area contributed by atoms with Gasteiger partial charge in [-0.3, -0.25) is 0 Å². The quantitative estimate of drug-likeness (QED) is 0.610. The van der Waals surface area contributed by atoms with Gasteiger partial charge in [-0.25, -0.2) is 0 Å². The molecule has 2 aliphatic rings. The van der Waals surface area contributed by atoms with Gasteiger partial charge < -0.3 is 10.0 Å². The topological polar surface area (TPSA) is 23.5 Å². The van der Waals surface area contributed by atoms with Crippen LogP contribution in [0.1, 0.15) is 32.1 Å². The van der Waals surface area contributed by atoms with Gasteiger partial charge in [0.2, 0.25) is 0 Å². The number of nitrogens with zero attached hydrogens (tertiary/aromatic N) is 1. The van der Waals surface area contributed by atoms with Crippen molar-refractivity contribution >= 4 is 0 Å². The first-order valence-electron chi connectivity index (χ1n) is 4.78. The molecule has 2 rings (SSSR count). The van der Waals surface area contributed by atoms with Gasteiger partial charge in [-0.1, -0.05) is 0 Å². The van der Waals surface area contributed by atoms with Crippen molar-refractivity contribution in [2.75, 3.05) is 13.1 Å². The second-order valence-corrected chi connectivity index (χ2v) is 3.85. The highest BCUT2D eigenvalue weighted by Gasteiger charge is 2.29. The molecular weight excluding hydrogens is 138 g/mol. The molecule has 1 saturated heterocycles. The summed E-state index contributed by atoms with van der Waals surface area (Å²) in [5.74, 6) is 0. The monoisotopic (exact) mass is 155 g/mol. The Hall–Kier alpha value is -0.0800. The first-order valence-corrected chi connectivity index (χ1v) is 4.78. The summed E-state index contributed by atoms with van der Waals surface area (Å²) in [6.45, 7) is 2.35. The number of aliphatic hydroxyl groups is 1. The molecule has 64 valence electrons. The van der Waals surface area contributed by atoms with Crippen LogP contribution < -0.4 is 0 Å². The maximum absolute atomic E-state index is 9.38. The fourth-order valence-electron chi connectivity index (χ4n) is 1.91. The molecule has 2 heteroatoms. The molecule has 0 aromatic heterocycles. The number of hydrogen-bond donors (Lipinski definition) is 1. The zero-order chi connectivity index (χ0) is 7.68. The van der Waals surface area contributed by atoms with Gasteiger partial charge in [-0.2, -0.15) is 0 Å². The SMILES string of the molecule is O[C@H]1CCCN(C2CC2)CC1. The van der Waals surface area contributed by atoms with Crippen molar-refractivity contribution in [1.82, 2.24) is 4.90 Å². The van der Waals surface area contributed by atoms with E-state index in [0.29, 0.717) is 0 Å². The second kappa shape index (κ2) is 3.11. The van der Waals surface area contributed by atoms with Crippen LogP contribution in [0, 0.1) is 0 Å². The molecule has 0 bridgehead atoms. The lowest BCUT2D eigenvalue weighted by Crippen LogP contribution is -2.27. The molecule has 1 saturated carbocycles. The lowest BCUT2D eigenvalue weighted by molar-refractivity contribution is 0.154. The van der Waals surface area contributed by atoms with E-state index >= 15 is 0 Å². The summed E-state index contributed by atoms with van der Waals surface area (Å²) in [6, 6.07) is 0.889. The zero-order valence-corrected chi connectivity index (χ0v) is 7.00. The predicted octanol–water partition coefficient (Wildman–Crippen LogP) is 0.996. The van der Waals surface area contributed by atoms with Crippen LogP contribution in [0.3, 0.4) is 0 Å². The summed E-state index contributed by atoms with van der Waals surface area (Å²) < 4.78 is 0. The first-order chi connectivity index (χ1) is 5.36. The number of rotatable bonds is 1. The first kappa shape index (κ1) is 7.56. The summed E-state index contributed by atoms with van der Waals surface area (Å²) in [5, 5.41) is 9.38. The van der Waals surface area contributed by atoms with Crippen LogP contribution in [0.15, 0.2) is 0 Å². The van der Waals surface area contributed by atoms with Crippen LogP contribution >= 0.6 is 0 Å². The van der Waals surface area contributed by atoms with E-state index in [-0.39, 0.29) is 6.10 Å².